The number of H-pyrrole nitrogens is 1. The Kier molecular flexibility index (Phi) is 6.41. The number of anilines is 2. The number of aromatic amines is 1. The molecule has 3 N–H and O–H groups in total. The number of pyridine rings is 1. The number of aromatic nitrogens is 3. The molecule has 0 unspecified atom stereocenters. The van der Waals surface area contributed by atoms with Crippen LogP contribution in [0.2, 0.25) is 0 Å². The smallest absolute Gasteiger partial charge is 0.256 e. The highest BCUT2D eigenvalue weighted by molar-refractivity contribution is 6.35. The van der Waals surface area contributed by atoms with Crippen molar-refractivity contribution in [2.75, 3.05) is 37.8 Å². The zero-order valence-electron chi connectivity index (χ0n) is 19.9. The van der Waals surface area contributed by atoms with Crippen molar-refractivity contribution < 1.29 is 4.79 Å². The minimum Gasteiger partial charge on any atom is -0.385 e. The maximum absolute atomic E-state index is 12.7. The second-order valence-corrected chi connectivity index (χ2v) is 8.88. The molecule has 5 rings (SSSR count). The molecular weight excluding hydrogens is 436 g/mol. The van der Waals surface area contributed by atoms with E-state index in [0.29, 0.717) is 5.57 Å². The van der Waals surface area contributed by atoms with Crippen LogP contribution < -0.4 is 10.6 Å². The van der Waals surface area contributed by atoms with Crippen LogP contribution in [-0.4, -0.2) is 53.2 Å². The number of carbonyl (C=O) groups is 1. The molecule has 1 amide bonds. The minimum absolute atomic E-state index is 0.0876. The van der Waals surface area contributed by atoms with Gasteiger partial charge in [0, 0.05) is 46.8 Å². The molecule has 7 nitrogen and oxygen atoms in total. The van der Waals surface area contributed by atoms with Crippen LogP contribution in [0.1, 0.15) is 28.8 Å². The van der Waals surface area contributed by atoms with E-state index in [-0.39, 0.29) is 5.91 Å². The maximum atomic E-state index is 12.7. The zero-order chi connectivity index (χ0) is 24.2. The Morgan fingerprint density at radius 2 is 1.86 bits per heavy atom. The van der Waals surface area contributed by atoms with Gasteiger partial charge in [-0.2, -0.15) is 5.10 Å². The Balaban J connectivity index is 1.37. The number of fused-ring (bicyclic) bond motifs is 2. The van der Waals surface area contributed by atoms with Gasteiger partial charge >= 0.3 is 0 Å². The summed E-state index contributed by atoms with van der Waals surface area (Å²) in [5.74, 6) is -0.0876. The zero-order valence-corrected chi connectivity index (χ0v) is 19.9. The third kappa shape index (κ3) is 5.15. The maximum Gasteiger partial charge on any atom is 0.256 e. The van der Waals surface area contributed by atoms with E-state index < -0.39 is 0 Å². The van der Waals surface area contributed by atoms with Crippen molar-refractivity contribution in [1.82, 2.24) is 20.1 Å². The Labute approximate surface area is 204 Å². The summed E-state index contributed by atoms with van der Waals surface area (Å²) in [5, 5.41) is 15.0. The molecule has 0 radical (unpaired) electrons. The molecule has 2 aromatic carbocycles. The molecule has 0 bridgehead atoms. The monoisotopic (exact) mass is 464 g/mol. The molecule has 0 fully saturated rings. The van der Waals surface area contributed by atoms with Gasteiger partial charge in [-0.1, -0.05) is 12.1 Å². The fourth-order valence-corrected chi connectivity index (χ4v) is 4.16. The summed E-state index contributed by atoms with van der Waals surface area (Å²) in [6.45, 7) is 1.91. The summed E-state index contributed by atoms with van der Waals surface area (Å²) in [6, 6.07) is 16.0. The molecule has 0 aliphatic carbocycles. The van der Waals surface area contributed by atoms with Gasteiger partial charge in [0.05, 0.1) is 11.2 Å². The van der Waals surface area contributed by atoms with Crippen LogP contribution in [0.25, 0.3) is 34.7 Å². The number of nitrogens with one attached hydrogen (secondary N) is 3. The molecule has 7 heteroatoms. The predicted octanol–water partition coefficient (Wildman–Crippen LogP) is 4.98. The van der Waals surface area contributed by atoms with Crippen LogP contribution in [0.4, 0.5) is 11.4 Å². The Hall–Kier alpha value is -4.23. The van der Waals surface area contributed by atoms with E-state index in [4.69, 9.17) is 0 Å². The fourth-order valence-electron chi connectivity index (χ4n) is 4.16. The number of hydrogen-bond donors (Lipinski definition) is 3. The molecule has 3 heterocycles. The van der Waals surface area contributed by atoms with Gasteiger partial charge in [-0.25, -0.2) is 0 Å². The minimum atomic E-state index is -0.0876. The van der Waals surface area contributed by atoms with Crippen molar-refractivity contribution in [2.24, 2.45) is 0 Å². The summed E-state index contributed by atoms with van der Waals surface area (Å²) in [6.07, 6.45) is 10.5. The largest absolute Gasteiger partial charge is 0.385 e. The SMILES string of the molecule is CN(C)CCCNc1ccc2c(c1)/C(=C/c1ccc3c(/C=C/c4ccncc4)n[nH]c3c1)C(=O)N2. The Bertz CT molecular complexity index is 1420. The highest BCUT2D eigenvalue weighted by Gasteiger charge is 2.24. The average molecular weight is 465 g/mol. The van der Waals surface area contributed by atoms with E-state index >= 15 is 0 Å². The van der Waals surface area contributed by atoms with Gasteiger partial charge in [0.1, 0.15) is 0 Å². The molecule has 1 aliphatic heterocycles. The molecule has 4 aromatic rings. The standard InChI is InChI=1S/C28H28N6O/c1-34(2)15-3-12-30-21-6-9-25-23(18-21)24(28(35)31-25)16-20-4-7-22-26(32-33-27(22)17-20)8-5-19-10-13-29-14-11-19/h4-11,13-14,16-18,30H,3,12,15H2,1-2H3,(H,31,35)(H,32,33)/b8-5+,24-16-. The van der Waals surface area contributed by atoms with Crippen molar-refractivity contribution in [3.8, 4) is 0 Å². The third-order valence-electron chi connectivity index (χ3n) is 5.98. The Morgan fingerprint density at radius 1 is 1.00 bits per heavy atom. The van der Waals surface area contributed by atoms with Gasteiger partial charge in [-0.15, -0.1) is 0 Å². The van der Waals surface area contributed by atoms with Gasteiger partial charge in [0.25, 0.3) is 5.91 Å². The van der Waals surface area contributed by atoms with E-state index in [2.05, 4.69) is 44.8 Å². The number of rotatable bonds is 8. The molecule has 0 saturated carbocycles. The molecular formula is C28H28N6O. The van der Waals surface area contributed by atoms with E-state index in [1.165, 1.54) is 0 Å². The summed E-state index contributed by atoms with van der Waals surface area (Å²) in [4.78, 5) is 18.9. The van der Waals surface area contributed by atoms with Crippen LogP contribution in [0.5, 0.6) is 0 Å². The average Bonchev–Trinajstić information content (AvgIpc) is 3.41. The van der Waals surface area contributed by atoms with Crippen molar-refractivity contribution in [3.63, 3.8) is 0 Å². The molecule has 2 aromatic heterocycles. The summed E-state index contributed by atoms with van der Waals surface area (Å²) in [7, 11) is 4.15. The van der Waals surface area contributed by atoms with Crippen molar-refractivity contribution in [3.05, 3.63) is 83.3 Å². The van der Waals surface area contributed by atoms with Gasteiger partial charge in [0.15, 0.2) is 0 Å². The van der Waals surface area contributed by atoms with E-state index in [9.17, 15) is 4.79 Å². The quantitative estimate of drug-likeness (QED) is 0.253. The van der Waals surface area contributed by atoms with Crippen LogP contribution >= 0.6 is 0 Å². The van der Waals surface area contributed by atoms with Crippen LogP contribution in [0, 0.1) is 0 Å². The highest BCUT2D eigenvalue weighted by atomic mass is 16.2. The lowest BCUT2D eigenvalue weighted by atomic mass is 10.0. The number of amides is 1. The number of carbonyl (C=O) groups excluding carboxylic acids is 1. The molecule has 35 heavy (non-hydrogen) atoms. The lowest BCUT2D eigenvalue weighted by molar-refractivity contribution is -0.110. The lowest BCUT2D eigenvalue weighted by Crippen LogP contribution is -2.16. The van der Waals surface area contributed by atoms with Crippen LogP contribution in [0.3, 0.4) is 0 Å². The number of hydrogen-bond acceptors (Lipinski definition) is 5. The Morgan fingerprint density at radius 3 is 2.69 bits per heavy atom. The summed E-state index contributed by atoms with van der Waals surface area (Å²) < 4.78 is 0. The van der Waals surface area contributed by atoms with Gasteiger partial charge in [-0.05, 0) is 92.8 Å². The normalized spacial score (nSPS) is 14.3. The van der Waals surface area contributed by atoms with Crippen molar-refractivity contribution in [1.29, 1.82) is 0 Å². The van der Waals surface area contributed by atoms with Crippen LogP contribution in [0.15, 0.2) is 60.9 Å². The first-order valence-electron chi connectivity index (χ1n) is 11.7. The van der Waals surface area contributed by atoms with Crippen LogP contribution in [-0.2, 0) is 4.79 Å². The summed E-state index contributed by atoms with van der Waals surface area (Å²) in [5.41, 5.74) is 7.22. The first kappa shape index (κ1) is 22.6. The first-order chi connectivity index (χ1) is 17.1. The third-order valence-corrected chi connectivity index (χ3v) is 5.98. The first-order valence-corrected chi connectivity index (χ1v) is 11.7. The predicted molar refractivity (Wildman–Crippen MR) is 144 cm³/mol. The molecule has 0 saturated heterocycles. The van der Waals surface area contributed by atoms with E-state index in [1.807, 2.05) is 66.8 Å². The van der Waals surface area contributed by atoms with Gasteiger partial charge < -0.3 is 15.5 Å². The second-order valence-electron chi connectivity index (χ2n) is 8.88. The topological polar surface area (TPSA) is 85.9 Å². The van der Waals surface area contributed by atoms with E-state index in [0.717, 1.165) is 64.2 Å². The second kappa shape index (κ2) is 9.95. The van der Waals surface area contributed by atoms with Crippen molar-refractivity contribution in [2.45, 2.75) is 6.42 Å². The molecule has 0 spiro atoms. The fraction of sp³-hybridized carbons (Fsp3) is 0.179. The number of benzene rings is 2. The number of nitrogens with zero attached hydrogens (tertiary/aromatic N) is 3. The molecule has 176 valence electrons. The highest BCUT2D eigenvalue weighted by Crippen LogP contribution is 2.35. The van der Waals surface area contributed by atoms with Gasteiger partial charge in [-0.3, -0.25) is 14.9 Å². The van der Waals surface area contributed by atoms with Crippen molar-refractivity contribution >= 4 is 52.0 Å². The van der Waals surface area contributed by atoms with Gasteiger partial charge in [0.2, 0.25) is 0 Å². The van der Waals surface area contributed by atoms with E-state index in [1.54, 1.807) is 12.4 Å². The molecule has 1 aliphatic rings. The lowest BCUT2D eigenvalue weighted by Gasteiger charge is -2.11. The summed E-state index contributed by atoms with van der Waals surface area (Å²) >= 11 is 0. The molecule has 0 atom stereocenters.